The highest BCUT2D eigenvalue weighted by Crippen LogP contribution is 2.39. The fraction of sp³-hybridized carbons (Fsp3) is 0.520. The van der Waals surface area contributed by atoms with E-state index in [1.807, 2.05) is 42.5 Å². The van der Waals surface area contributed by atoms with Crippen molar-refractivity contribution in [2.75, 3.05) is 37.9 Å². The summed E-state index contributed by atoms with van der Waals surface area (Å²) in [5, 5.41) is 10.1. The van der Waals surface area contributed by atoms with Crippen LogP contribution in [-0.4, -0.2) is 61.2 Å². The van der Waals surface area contributed by atoms with Crippen LogP contribution in [0.4, 0.5) is 22.0 Å². The fourth-order valence-corrected chi connectivity index (χ4v) is 4.52. The Labute approximate surface area is 205 Å². The number of fused-ring (bicyclic) bond motifs is 1. The molecule has 2 atom stereocenters. The molecular formula is C25H29F5O4S. The van der Waals surface area contributed by atoms with Crippen molar-refractivity contribution in [1.29, 1.82) is 0 Å². The Hall–Kier alpha value is -2.04. The zero-order valence-electron chi connectivity index (χ0n) is 19.1. The molecule has 10 heteroatoms. The number of benzene rings is 2. The van der Waals surface area contributed by atoms with Gasteiger partial charge >= 0.3 is 12.1 Å². The minimum Gasteiger partial charge on any atom is -0.493 e. The summed E-state index contributed by atoms with van der Waals surface area (Å²) in [5.74, 6) is -2.32. The van der Waals surface area contributed by atoms with Crippen LogP contribution < -0.4 is 9.47 Å². The highest BCUT2D eigenvalue weighted by atomic mass is 32.2. The van der Waals surface area contributed by atoms with Crippen molar-refractivity contribution in [3.05, 3.63) is 59.7 Å². The molecule has 0 bridgehead atoms. The lowest BCUT2D eigenvalue weighted by molar-refractivity contribution is -0.284. The van der Waals surface area contributed by atoms with E-state index in [0.29, 0.717) is 18.1 Å². The van der Waals surface area contributed by atoms with Crippen LogP contribution in [0.5, 0.6) is 11.5 Å². The molecule has 0 radical (unpaired) electrons. The highest BCUT2D eigenvalue weighted by molar-refractivity contribution is 7.99. The van der Waals surface area contributed by atoms with Gasteiger partial charge in [0, 0.05) is 23.7 Å². The molecule has 194 valence electrons. The average Bonchev–Trinajstić information content (AvgIpc) is 2.83. The first kappa shape index (κ1) is 27.5. The minimum absolute atomic E-state index is 0.0275. The molecule has 1 aliphatic heterocycles. The number of alkyl halides is 5. The lowest BCUT2D eigenvalue weighted by Gasteiger charge is -2.26. The van der Waals surface area contributed by atoms with Gasteiger partial charge in [0.15, 0.2) is 0 Å². The van der Waals surface area contributed by atoms with Gasteiger partial charge in [-0.15, -0.1) is 0 Å². The number of aliphatic hydroxyl groups is 1. The van der Waals surface area contributed by atoms with Gasteiger partial charge in [0.25, 0.3) is 0 Å². The van der Waals surface area contributed by atoms with Crippen molar-refractivity contribution in [2.45, 2.75) is 43.4 Å². The van der Waals surface area contributed by atoms with Crippen LogP contribution >= 0.6 is 11.8 Å². The third-order valence-corrected chi connectivity index (χ3v) is 6.57. The summed E-state index contributed by atoms with van der Waals surface area (Å²) in [4.78, 5) is 0. The van der Waals surface area contributed by atoms with Crippen molar-refractivity contribution in [2.24, 2.45) is 0 Å². The molecule has 0 saturated heterocycles. The lowest BCUT2D eigenvalue weighted by atomic mass is 9.87. The van der Waals surface area contributed by atoms with Crippen molar-refractivity contribution >= 4 is 11.8 Å². The molecule has 2 aromatic rings. The number of rotatable bonds is 13. The third-order valence-electron chi connectivity index (χ3n) is 5.54. The van der Waals surface area contributed by atoms with Crippen LogP contribution in [0.3, 0.4) is 0 Å². The average molecular weight is 521 g/mol. The van der Waals surface area contributed by atoms with Gasteiger partial charge in [0.1, 0.15) is 24.2 Å². The predicted octanol–water partition coefficient (Wildman–Crippen LogP) is 6.07. The van der Waals surface area contributed by atoms with Gasteiger partial charge in [-0.3, -0.25) is 0 Å². The van der Waals surface area contributed by atoms with Gasteiger partial charge in [-0.1, -0.05) is 30.3 Å². The number of hydrogen-bond donors (Lipinski definition) is 1. The maximum absolute atomic E-state index is 12.8. The predicted molar refractivity (Wildman–Crippen MR) is 125 cm³/mol. The van der Waals surface area contributed by atoms with E-state index in [2.05, 4.69) is 6.07 Å². The van der Waals surface area contributed by atoms with E-state index in [9.17, 15) is 27.1 Å². The Morgan fingerprint density at radius 2 is 1.83 bits per heavy atom. The Bertz CT molecular complexity index is 925. The van der Waals surface area contributed by atoms with Crippen molar-refractivity contribution in [1.82, 2.24) is 0 Å². The van der Waals surface area contributed by atoms with Gasteiger partial charge in [-0.05, 0) is 42.4 Å². The molecule has 0 amide bonds. The second kappa shape index (κ2) is 12.8. The minimum atomic E-state index is -5.50. The number of hydrogen-bond acceptors (Lipinski definition) is 5. The topological polar surface area (TPSA) is 47.9 Å². The zero-order valence-corrected chi connectivity index (χ0v) is 19.9. The molecule has 3 rings (SSSR count). The second-order valence-corrected chi connectivity index (χ2v) is 9.48. The number of halogens is 5. The number of thioether (sulfide) groups is 1. The monoisotopic (exact) mass is 520 g/mol. The molecule has 1 N–H and O–H groups in total. The second-order valence-electron chi connectivity index (χ2n) is 8.26. The summed E-state index contributed by atoms with van der Waals surface area (Å²) >= 11 is 1.23. The first-order valence-corrected chi connectivity index (χ1v) is 12.6. The number of para-hydroxylation sites is 1. The summed E-state index contributed by atoms with van der Waals surface area (Å²) in [6, 6.07) is 15.7. The molecule has 1 aliphatic rings. The van der Waals surface area contributed by atoms with Gasteiger partial charge in [-0.2, -0.15) is 33.7 Å². The Morgan fingerprint density at radius 1 is 1.03 bits per heavy atom. The standard InChI is InChI=1S/C25H29F5O4S/c26-24(27,25(28,29)30)10-4-13-35-14-12-32-16-19(31)17-34-20-6-3-5-18(15-20)21-9-11-33-23-8-2-1-7-22(21)23/h1-3,5-8,15,19,21,31H,4,9-14,16-17H2/t19-,21?/m1/s1. The Kier molecular flexibility index (Phi) is 10.1. The van der Waals surface area contributed by atoms with Gasteiger partial charge in [0.2, 0.25) is 0 Å². The van der Waals surface area contributed by atoms with Crippen LogP contribution in [0.25, 0.3) is 0 Å². The molecule has 4 nitrogen and oxygen atoms in total. The highest BCUT2D eigenvalue weighted by Gasteiger charge is 2.56. The molecule has 0 spiro atoms. The summed E-state index contributed by atoms with van der Waals surface area (Å²) in [6.45, 7) is 0.949. The number of ether oxygens (including phenoxy) is 3. The third kappa shape index (κ3) is 8.25. The molecule has 0 aromatic heterocycles. The van der Waals surface area contributed by atoms with E-state index in [-0.39, 0.29) is 37.9 Å². The van der Waals surface area contributed by atoms with E-state index in [0.717, 1.165) is 23.3 Å². The number of aliphatic hydroxyl groups excluding tert-OH is 1. The maximum atomic E-state index is 12.8. The lowest BCUT2D eigenvalue weighted by Crippen LogP contribution is -2.36. The van der Waals surface area contributed by atoms with Crippen LogP contribution in [0.15, 0.2) is 48.5 Å². The van der Waals surface area contributed by atoms with Crippen LogP contribution in [0, 0.1) is 0 Å². The summed E-state index contributed by atoms with van der Waals surface area (Å²) in [7, 11) is 0. The zero-order chi connectivity index (χ0) is 25.3. The molecule has 0 saturated carbocycles. The quantitative estimate of drug-likeness (QED) is 0.257. The van der Waals surface area contributed by atoms with Crippen molar-refractivity contribution < 1.29 is 41.3 Å². The van der Waals surface area contributed by atoms with E-state index in [4.69, 9.17) is 14.2 Å². The maximum Gasteiger partial charge on any atom is 0.453 e. The summed E-state index contributed by atoms with van der Waals surface area (Å²) in [6.07, 6.45) is -6.97. The van der Waals surface area contributed by atoms with Gasteiger partial charge in [0.05, 0.1) is 19.8 Å². The van der Waals surface area contributed by atoms with Crippen LogP contribution in [-0.2, 0) is 4.74 Å². The normalized spacial score (nSPS) is 16.9. The summed E-state index contributed by atoms with van der Waals surface area (Å²) in [5.41, 5.74) is 2.24. The first-order valence-electron chi connectivity index (χ1n) is 11.4. The first-order chi connectivity index (χ1) is 16.7. The van der Waals surface area contributed by atoms with E-state index < -0.39 is 24.6 Å². The molecule has 2 aromatic carbocycles. The van der Waals surface area contributed by atoms with Gasteiger partial charge in [-0.25, -0.2) is 0 Å². The summed E-state index contributed by atoms with van der Waals surface area (Å²) < 4.78 is 78.7. The van der Waals surface area contributed by atoms with Crippen molar-refractivity contribution in [3.63, 3.8) is 0 Å². The van der Waals surface area contributed by atoms with E-state index >= 15 is 0 Å². The molecule has 1 unspecified atom stereocenters. The van der Waals surface area contributed by atoms with Crippen molar-refractivity contribution in [3.8, 4) is 11.5 Å². The van der Waals surface area contributed by atoms with Crippen LogP contribution in [0.1, 0.15) is 36.3 Å². The van der Waals surface area contributed by atoms with Crippen LogP contribution in [0.2, 0.25) is 0 Å². The SMILES string of the molecule is O[C@H](COCCSCCCC(F)(F)C(F)(F)F)COc1cccc(C2CCOc3ccccc32)c1. The molecule has 0 aliphatic carbocycles. The Morgan fingerprint density at radius 3 is 2.63 bits per heavy atom. The molecule has 0 fully saturated rings. The largest absolute Gasteiger partial charge is 0.493 e. The van der Waals surface area contributed by atoms with E-state index in [1.54, 1.807) is 0 Å². The smallest absolute Gasteiger partial charge is 0.453 e. The molecule has 35 heavy (non-hydrogen) atoms. The Balaban J connectivity index is 1.32. The van der Waals surface area contributed by atoms with E-state index in [1.165, 1.54) is 11.8 Å². The molecule has 1 heterocycles. The molecular weight excluding hydrogens is 491 g/mol. The fourth-order valence-electron chi connectivity index (χ4n) is 3.73. The van der Waals surface area contributed by atoms with Gasteiger partial charge < -0.3 is 19.3 Å².